The van der Waals surface area contributed by atoms with Crippen molar-refractivity contribution in [1.82, 2.24) is 4.90 Å². The number of nitrogens with two attached hydrogens (primary N) is 1. The van der Waals surface area contributed by atoms with Crippen LogP contribution >= 0.6 is 0 Å². The van der Waals surface area contributed by atoms with Gasteiger partial charge >= 0.3 is 0 Å². The van der Waals surface area contributed by atoms with Crippen LogP contribution in [-0.4, -0.2) is 43.2 Å². The molecule has 2 rings (SSSR count). The lowest BCUT2D eigenvalue weighted by Gasteiger charge is -2.35. The molecular formula is C14H26N2O2. The zero-order valence-electron chi connectivity index (χ0n) is 11.4. The molecule has 2 N–H and O–H groups in total. The highest BCUT2D eigenvalue weighted by Crippen LogP contribution is 2.24. The van der Waals surface area contributed by atoms with Crippen LogP contribution < -0.4 is 5.73 Å². The summed E-state index contributed by atoms with van der Waals surface area (Å²) >= 11 is 0. The summed E-state index contributed by atoms with van der Waals surface area (Å²) in [6.45, 7) is 1.50. The second-order valence-electron chi connectivity index (χ2n) is 5.72. The van der Waals surface area contributed by atoms with Crippen molar-refractivity contribution in [3.8, 4) is 0 Å². The molecule has 0 spiro atoms. The molecule has 0 radical (unpaired) electrons. The molecule has 1 saturated carbocycles. The van der Waals surface area contributed by atoms with Gasteiger partial charge in [-0.25, -0.2) is 0 Å². The SMILES string of the molecule is CN(C(=O)C(N)C1CCOCC1)C1CCCCC1. The normalized spacial score (nSPS) is 24.8. The number of carbonyl (C=O) groups excluding carboxylic acids is 1. The zero-order chi connectivity index (χ0) is 13.0. The van der Waals surface area contributed by atoms with Gasteiger partial charge in [0.1, 0.15) is 0 Å². The summed E-state index contributed by atoms with van der Waals surface area (Å²) in [7, 11) is 1.93. The van der Waals surface area contributed by atoms with Gasteiger partial charge in [-0.15, -0.1) is 0 Å². The number of rotatable bonds is 3. The van der Waals surface area contributed by atoms with E-state index in [0.717, 1.165) is 38.9 Å². The van der Waals surface area contributed by atoms with E-state index in [1.165, 1.54) is 19.3 Å². The molecule has 0 aromatic heterocycles. The van der Waals surface area contributed by atoms with Gasteiger partial charge in [-0.3, -0.25) is 4.79 Å². The van der Waals surface area contributed by atoms with Crippen molar-refractivity contribution in [2.24, 2.45) is 11.7 Å². The predicted molar refractivity (Wildman–Crippen MR) is 71.2 cm³/mol. The molecule has 0 bridgehead atoms. The maximum Gasteiger partial charge on any atom is 0.239 e. The van der Waals surface area contributed by atoms with Crippen LogP contribution in [0.3, 0.4) is 0 Å². The van der Waals surface area contributed by atoms with Crippen LogP contribution in [0.25, 0.3) is 0 Å². The topological polar surface area (TPSA) is 55.6 Å². The molecule has 0 aromatic rings. The van der Waals surface area contributed by atoms with E-state index in [0.29, 0.717) is 12.0 Å². The smallest absolute Gasteiger partial charge is 0.239 e. The van der Waals surface area contributed by atoms with Gasteiger partial charge in [-0.05, 0) is 31.6 Å². The van der Waals surface area contributed by atoms with Crippen molar-refractivity contribution in [3.05, 3.63) is 0 Å². The highest BCUT2D eigenvalue weighted by molar-refractivity contribution is 5.82. The van der Waals surface area contributed by atoms with E-state index in [4.69, 9.17) is 10.5 Å². The highest BCUT2D eigenvalue weighted by Gasteiger charge is 2.31. The molecular weight excluding hydrogens is 228 g/mol. The van der Waals surface area contributed by atoms with Gasteiger partial charge < -0.3 is 15.4 Å². The lowest BCUT2D eigenvalue weighted by atomic mass is 9.89. The Morgan fingerprint density at radius 3 is 2.39 bits per heavy atom. The van der Waals surface area contributed by atoms with Crippen LogP contribution in [0.2, 0.25) is 0 Å². The standard InChI is InChI=1S/C14H26N2O2/c1-16(12-5-3-2-4-6-12)14(17)13(15)11-7-9-18-10-8-11/h11-13H,2-10,15H2,1H3. The lowest BCUT2D eigenvalue weighted by molar-refractivity contribution is -0.136. The number of hydrogen-bond acceptors (Lipinski definition) is 3. The Morgan fingerprint density at radius 1 is 1.17 bits per heavy atom. The molecule has 1 atom stereocenters. The third kappa shape index (κ3) is 3.23. The maximum absolute atomic E-state index is 12.4. The number of nitrogens with zero attached hydrogens (tertiary/aromatic N) is 1. The Balaban J connectivity index is 1.87. The molecule has 0 aromatic carbocycles. The Morgan fingerprint density at radius 2 is 1.78 bits per heavy atom. The van der Waals surface area contributed by atoms with Gasteiger partial charge in [0.05, 0.1) is 6.04 Å². The lowest BCUT2D eigenvalue weighted by Crippen LogP contribution is -2.51. The minimum Gasteiger partial charge on any atom is -0.381 e. The largest absolute Gasteiger partial charge is 0.381 e. The van der Waals surface area contributed by atoms with E-state index >= 15 is 0 Å². The molecule has 1 aliphatic carbocycles. The minimum absolute atomic E-state index is 0.133. The van der Waals surface area contributed by atoms with Crippen molar-refractivity contribution >= 4 is 5.91 Å². The Labute approximate surface area is 110 Å². The Hall–Kier alpha value is -0.610. The summed E-state index contributed by atoms with van der Waals surface area (Å²) in [5, 5.41) is 0. The number of ether oxygens (including phenoxy) is 1. The van der Waals surface area contributed by atoms with E-state index in [1.807, 2.05) is 11.9 Å². The molecule has 18 heavy (non-hydrogen) atoms. The van der Waals surface area contributed by atoms with Crippen LogP contribution in [0.15, 0.2) is 0 Å². The third-order valence-electron chi connectivity index (χ3n) is 4.53. The summed E-state index contributed by atoms with van der Waals surface area (Å²) in [6, 6.07) is 0.0815. The quantitative estimate of drug-likeness (QED) is 0.831. The van der Waals surface area contributed by atoms with Gasteiger partial charge in [0.2, 0.25) is 5.91 Å². The van der Waals surface area contributed by atoms with Crippen molar-refractivity contribution in [3.63, 3.8) is 0 Å². The van der Waals surface area contributed by atoms with E-state index in [-0.39, 0.29) is 11.9 Å². The summed E-state index contributed by atoms with van der Waals surface area (Å²) in [4.78, 5) is 14.3. The predicted octanol–water partition coefficient (Wildman–Crippen LogP) is 1.53. The second kappa shape index (κ2) is 6.53. The van der Waals surface area contributed by atoms with Crippen LogP contribution in [0.5, 0.6) is 0 Å². The highest BCUT2D eigenvalue weighted by atomic mass is 16.5. The number of hydrogen-bond donors (Lipinski definition) is 1. The maximum atomic E-state index is 12.4. The first-order valence-electron chi connectivity index (χ1n) is 7.30. The molecule has 2 aliphatic rings. The molecule has 104 valence electrons. The molecule has 1 heterocycles. The van der Waals surface area contributed by atoms with Gasteiger partial charge in [-0.1, -0.05) is 19.3 Å². The van der Waals surface area contributed by atoms with Crippen molar-refractivity contribution in [2.45, 2.75) is 57.0 Å². The summed E-state index contributed by atoms with van der Waals surface area (Å²) in [5.41, 5.74) is 6.15. The molecule has 1 unspecified atom stereocenters. The van der Waals surface area contributed by atoms with Gasteiger partial charge in [-0.2, -0.15) is 0 Å². The van der Waals surface area contributed by atoms with Crippen LogP contribution in [-0.2, 0) is 9.53 Å². The first-order chi connectivity index (χ1) is 8.70. The first-order valence-corrected chi connectivity index (χ1v) is 7.30. The molecule has 2 fully saturated rings. The van der Waals surface area contributed by atoms with E-state index in [2.05, 4.69) is 0 Å². The fourth-order valence-corrected chi connectivity index (χ4v) is 3.16. The Kier molecular flexibility index (Phi) is 5.01. The van der Waals surface area contributed by atoms with E-state index in [1.54, 1.807) is 0 Å². The summed E-state index contributed by atoms with van der Waals surface area (Å²) < 4.78 is 5.33. The minimum atomic E-state index is -0.333. The van der Waals surface area contributed by atoms with E-state index in [9.17, 15) is 4.79 Å². The molecule has 4 nitrogen and oxygen atoms in total. The average molecular weight is 254 g/mol. The van der Waals surface area contributed by atoms with Gasteiger partial charge in [0, 0.05) is 26.3 Å². The number of carbonyl (C=O) groups is 1. The van der Waals surface area contributed by atoms with Crippen molar-refractivity contribution < 1.29 is 9.53 Å². The number of likely N-dealkylation sites (N-methyl/N-ethyl adjacent to an activating group) is 1. The molecule has 1 saturated heterocycles. The fourth-order valence-electron chi connectivity index (χ4n) is 3.16. The molecule has 4 heteroatoms. The van der Waals surface area contributed by atoms with E-state index < -0.39 is 0 Å². The van der Waals surface area contributed by atoms with Crippen LogP contribution in [0.4, 0.5) is 0 Å². The second-order valence-corrected chi connectivity index (χ2v) is 5.72. The van der Waals surface area contributed by atoms with Crippen molar-refractivity contribution in [2.75, 3.05) is 20.3 Å². The third-order valence-corrected chi connectivity index (χ3v) is 4.53. The van der Waals surface area contributed by atoms with Gasteiger partial charge in [0.15, 0.2) is 0 Å². The number of amides is 1. The monoisotopic (exact) mass is 254 g/mol. The zero-order valence-corrected chi connectivity index (χ0v) is 11.4. The molecule has 1 aliphatic heterocycles. The summed E-state index contributed by atoms with van der Waals surface area (Å²) in [6.07, 6.45) is 7.93. The Bertz CT molecular complexity index is 245. The van der Waals surface area contributed by atoms with Crippen molar-refractivity contribution in [1.29, 1.82) is 0 Å². The first kappa shape index (κ1) is 13.8. The van der Waals surface area contributed by atoms with Gasteiger partial charge in [0.25, 0.3) is 0 Å². The molecule has 1 amide bonds. The fraction of sp³-hybridized carbons (Fsp3) is 0.929. The average Bonchev–Trinajstić information content (AvgIpc) is 2.47. The summed E-state index contributed by atoms with van der Waals surface area (Å²) in [5.74, 6) is 0.436. The van der Waals surface area contributed by atoms with Crippen LogP contribution in [0.1, 0.15) is 44.9 Å². The van der Waals surface area contributed by atoms with Crippen LogP contribution in [0, 0.1) is 5.92 Å².